The van der Waals surface area contributed by atoms with E-state index >= 15 is 0 Å². The third-order valence-electron chi connectivity index (χ3n) is 4.65. The number of pyridine rings is 1. The minimum Gasteiger partial charge on any atom is -0.505 e. The summed E-state index contributed by atoms with van der Waals surface area (Å²) in [5.74, 6) is 0.192. The molecule has 0 aliphatic rings. The van der Waals surface area contributed by atoms with Crippen molar-refractivity contribution in [1.82, 2.24) is 15.3 Å². The molecule has 0 radical (unpaired) electrons. The van der Waals surface area contributed by atoms with Gasteiger partial charge in [0.1, 0.15) is 11.3 Å². The number of phenols is 1. The van der Waals surface area contributed by atoms with E-state index in [0.717, 1.165) is 10.9 Å². The molecule has 0 fully saturated rings. The number of nitrogens with zero attached hydrogens (tertiary/aromatic N) is 1. The van der Waals surface area contributed by atoms with Gasteiger partial charge in [-0.25, -0.2) is 0 Å². The van der Waals surface area contributed by atoms with Crippen LogP contribution in [0.4, 0.5) is 0 Å². The van der Waals surface area contributed by atoms with E-state index in [2.05, 4.69) is 15.3 Å². The lowest BCUT2D eigenvalue weighted by atomic mass is 9.95. The van der Waals surface area contributed by atoms with Gasteiger partial charge >= 0.3 is 0 Å². The molecular formula is C22H19N3O3. The number of nitrogens with one attached hydrogen (secondary N) is 2. The largest absolute Gasteiger partial charge is 0.505 e. The van der Waals surface area contributed by atoms with Crippen molar-refractivity contribution < 1.29 is 14.6 Å². The second-order valence-electron chi connectivity index (χ2n) is 6.33. The number of benzene rings is 2. The molecule has 0 aliphatic carbocycles. The number of hydrogen-bond donors (Lipinski definition) is 3. The van der Waals surface area contributed by atoms with Crippen LogP contribution in [0.1, 0.15) is 27.5 Å². The van der Waals surface area contributed by atoms with Gasteiger partial charge in [-0.15, -0.1) is 0 Å². The molecule has 28 heavy (non-hydrogen) atoms. The Bertz CT molecular complexity index is 1110. The summed E-state index contributed by atoms with van der Waals surface area (Å²) in [5.41, 5.74) is 2.23. The molecule has 0 aliphatic heterocycles. The van der Waals surface area contributed by atoms with Crippen LogP contribution in [0.5, 0.6) is 11.5 Å². The predicted octanol–water partition coefficient (Wildman–Crippen LogP) is 3.80. The summed E-state index contributed by atoms with van der Waals surface area (Å²) in [6, 6.07) is 16.0. The molecule has 1 unspecified atom stereocenters. The molecule has 0 spiro atoms. The lowest BCUT2D eigenvalue weighted by Crippen LogP contribution is -2.29. The number of amides is 1. The summed E-state index contributed by atoms with van der Waals surface area (Å²) in [7, 11) is 1.54. The van der Waals surface area contributed by atoms with Crippen molar-refractivity contribution in [2.24, 2.45) is 0 Å². The van der Waals surface area contributed by atoms with Crippen LogP contribution in [-0.2, 0) is 0 Å². The molecule has 0 saturated carbocycles. The Morgan fingerprint density at radius 3 is 2.71 bits per heavy atom. The zero-order valence-electron chi connectivity index (χ0n) is 15.2. The van der Waals surface area contributed by atoms with E-state index in [1.54, 1.807) is 30.7 Å². The monoisotopic (exact) mass is 373 g/mol. The number of carbonyl (C=O) groups excluding carboxylic acids is 1. The minimum atomic E-state index is -0.620. The van der Waals surface area contributed by atoms with Gasteiger partial charge in [-0.05, 0) is 23.8 Å². The van der Waals surface area contributed by atoms with Crippen molar-refractivity contribution in [3.8, 4) is 11.5 Å². The molecule has 4 rings (SSSR count). The number of fused-ring (bicyclic) bond motifs is 1. The van der Waals surface area contributed by atoms with Crippen LogP contribution in [0.15, 0.2) is 73.2 Å². The fourth-order valence-corrected chi connectivity index (χ4v) is 3.29. The Kier molecular flexibility index (Phi) is 4.68. The fourth-order valence-electron chi connectivity index (χ4n) is 3.29. The molecule has 140 valence electrons. The second kappa shape index (κ2) is 7.44. The number of H-pyrrole nitrogens is 1. The quantitative estimate of drug-likeness (QED) is 0.497. The summed E-state index contributed by atoms with van der Waals surface area (Å²) < 4.78 is 5.56. The first-order chi connectivity index (χ1) is 13.7. The van der Waals surface area contributed by atoms with Gasteiger partial charge in [0.2, 0.25) is 0 Å². The predicted molar refractivity (Wildman–Crippen MR) is 107 cm³/mol. The summed E-state index contributed by atoms with van der Waals surface area (Å²) in [4.78, 5) is 19.9. The number of phenolic OH excluding ortho intramolecular Hbond substituents is 1. The minimum absolute atomic E-state index is 0.0156. The molecule has 1 amide bonds. The number of aromatic nitrogens is 2. The van der Waals surface area contributed by atoms with Gasteiger partial charge in [0.15, 0.2) is 5.75 Å². The number of ether oxygens (including phenoxy) is 1. The van der Waals surface area contributed by atoms with Crippen LogP contribution in [0, 0.1) is 0 Å². The highest BCUT2D eigenvalue weighted by molar-refractivity contribution is 5.95. The van der Waals surface area contributed by atoms with Gasteiger partial charge in [0.05, 0.1) is 24.3 Å². The first-order valence-corrected chi connectivity index (χ1v) is 8.82. The van der Waals surface area contributed by atoms with Gasteiger partial charge < -0.3 is 20.1 Å². The molecule has 3 N–H and O–H groups in total. The van der Waals surface area contributed by atoms with Gasteiger partial charge in [0, 0.05) is 24.0 Å². The maximum absolute atomic E-state index is 12.8. The third kappa shape index (κ3) is 3.16. The number of rotatable bonds is 5. The maximum atomic E-state index is 12.8. The number of carbonyl (C=O) groups is 1. The summed E-state index contributed by atoms with van der Waals surface area (Å²) in [5, 5.41) is 14.8. The average molecular weight is 373 g/mol. The van der Waals surface area contributed by atoms with Crippen LogP contribution >= 0.6 is 0 Å². The number of hydrogen-bond acceptors (Lipinski definition) is 4. The van der Waals surface area contributed by atoms with E-state index in [4.69, 9.17) is 4.74 Å². The molecule has 0 bridgehead atoms. The van der Waals surface area contributed by atoms with Crippen LogP contribution < -0.4 is 10.1 Å². The molecule has 1 atom stereocenters. The average Bonchev–Trinajstić information content (AvgIpc) is 3.28. The van der Waals surface area contributed by atoms with Crippen molar-refractivity contribution >= 4 is 16.8 Å². The number of methoxy groups -OCH3 is 1. The fraction of sp³-hybridized carbons (Fsp3) is 0.0909. The van der Waals surface area contributed by atoms with Crippen LogP contribution in [0.2, 0.25) is 0 Å². The van der Waals surface area contributed by atoms with Crippen molar-refractivity contribution in [2.45, 2.75) is 6.04 Å². The number of aromatic hydroxyl groups is 1. The Morgan fingerprint density at radius 1 is 1.18 bits per heavy atom. The molecular weight excluding hydrogens is 354 g/mol. The lowest BCUT2D eigenvalue weighted by molar-refractivity contribution is 0.0942. The van der Waals surface area contributed by atoms with Gasteiger partial charge in [-0.1, -0.05) is 36.4 Å². The number of aromatic amines is 1. The van der Waals surface area contributed by atoms with E-state index in [1.807, 2.05) is 42.5 Å². The van der Waals surface area contributed by atoms with Gasteiger partial charge in [-0.3, -0.25) is 9.78 Å². The highest BCUT2D eigenvalue weighted by Crippen LogP contribution is 2.41. The van der Waals surface area contributed by atoms with E-state index < -0.39 is 6.04 Å². The summed E-state index contributed by atoms with van der Waals surface area (Å²) in [6.45, 7) is 0. The molecule has 2 aromatic heterocycles. The highest BCUT2D eigenvalue weighted by Gasteiger charge is 2.26. The van der Waals surface area contributed by atoms with Gasteiger partial charge in [0.25, 0.3) is 5.91 Å². The van der Waals surface area contributed by atoms with Crippen LogP contribution in [0.25, 0.3) is 10.9 Å². The van der Waals surface area contributed by atoms with Crippen molar-refractivity contribution in [2.75, 3.05) is 7.11 Å². The Hall–Kier alpha value is -3.80. The standard InChI is InChI=1S/C22H19N3O3/c1-28-17-12-15-8-5-10-24-20(15)21(26)18(17)19(14-6-3-2-4-7-14)25-22(27)16-9-11-23-13-16/h2-13,19,23,26H,1H3,(H,25,27). The van der Waals surface area contributed by atoms with Crippen LogP contribution in [-0.4, -0.2) is 28.1 Å². The summed E-state index contributed by atoms with van der Waals surface area (Å²) >= 11 is 0. The summed E-state index contributed by atoms with van der Waals surface area (Å²) in [6.07, 6.45) is 4.93. The Balaban J connectivity index is 1.89. The van der Waals surface area contributed by atoms with Crippen LogP contribution in [0.3, 0.4) is 0 Å². The molecule has 6 heteroatoms. The maximum Gasteiger partial charge on any atom is 0.253 e. The first kappa shape index (κ1) is 17.6. The highest BCUT2D eigenvalue weighted by atomic mass is 16.5. The smallest absolute Gasteiger partial charge is 0.253 e. The third-order valence-corrected chi connectivity index (χ3v) is 4.65. The zero-order valence-corrected chi connectivity index (χ0v) is 15.2. The zero-order chi connectivity index (χ0) is 19.5. The van der Waals surface area contributed by atoms with E-state index in [9.17, 15) is 9.90 Å². The lowest BCUT2D eigenvalue weighted by Gasteiger charge is -2.23. The second-order valence-corrected chi connectivity index (χ2v) is 6.33. The van der Waals surface area contributed by atoms with Gasteiger partial charge in [-0.2, -0.15) is 0 Å². The first-order valence-electron chi connectivity index (χ1n) is 8.82. The molecule has 4 aromatic rings. The molecule has 6 nitrogen and oxygen atoms in total. The molecule has 0 saturated heterocycles. The van der Waals surface area contributed by atoms with Crippen molar-refractivity contribution in [3.63, 3.8) is 0 Å². The van der Waals surface area contributed by atoms with E-state index in [0.29, 0.717) is 22.4 Å². The Labute approximate surface area is 161 Å². The SMILES string of the molecule is COc1cc2cccnc2c(O)c1C(NC(=O)c1cc[nH]c1)c1ccccc1. The van der Waals surface area contributed by atoms with Crippen molar-refractivity contribution in [1.29, 1.82) is 0 Å². The topological polar surface area (TPSA) is 87.2 Å². The molecule has 2 aromatic carbocycles. The normalized spacial score (nSPS) is 11.9. The van der Waals surface area contributed by atoms with E-state index in [-0.39, 0.29) is 11.7 Å². The Morgan fingerprint density at radius 2 is 2.00 bits per heavy atom. The van der Waals surface area contributed by atoms with E-state index in [1.165, 1.54) is 7.11 Å². The van der Waals surface area contributed by atoms with Crippen molar-refractivity contribution in [3.05, 3.63) is 89.9 Å². The molecule has 2 heterocycles.